The minimum atomic E-state index is -0.157. The van der Waals surface area contributed by atoms with Crippen molar-refractivity contribution in [2.45, 2.75) is 25.7 Å². The third kappa shape index (κ3) is 3.57. The number of hydrogen-bond acceptors (Lipinski definition) is 3. The lowest BCUT2D eigenvalue weighted by Gasteiger charge is -2.26. The van der Waals surface area contributed by atoms with Gasteiger partial charge in [0.2, 0.25) is 5.91 Å². The second-order valence-electron chi connectivity index (χ2n) is 4.88. The van der Waals surface area contributed by atoms with Crippen molar-refractivity contribution in [3.8, 4) is 0 Å². The molecule has 2 N–H and O–H groups in total. The predicted molar refractivity (Wildman–Crippen MR) is 76.7 cm³/mol. The number of anilines is 1. The van der Waals surface area contributed by atoms with Gasteiger partial charge in [-0.3, -0.25) is 9.59 Å². The number of carbonyl (C=O) groups is 2. The Bertz CT molecular complexity index is 471. The highest BCUT2D eigenvalue weighted by molar-refractivity contribution is 5.96. The summed E-state index contributed by atoms with van der Waals surface area (Å²) in [6.45, 7) is 1.28. The van der Waals surface area contributed by atoms with Gasteiger partial charge < -0.3 is 15.3 Å². The number of rotatable bonds is 5. The van der Waals surface area contributed by atoms with E-state index in [9.17, 15) is 9.59 Å². The van der Waals surface area contributed by atoms with Crippen molar-refractivity contribution in [1.82, 2.24) is 5.32 Å². The summed E-state index contributed by atoms with van der Waals surface area (Å²) in [5.74, 6) is -0.00799. The van der Waals surface area contributed by atoms with E-state index < -0.39 is 0 Å². The highest BCUT2D eigenvalue weighted by Gasteiger charge is 2.19. The van der Waals surface area contributed by atoms with Crippen LogP contribution in [0.1, 0.15) is 36.0 Å². The standard InChI is InChI=1S/C15H20N2O3/c18-11-3-9-16-15(20)12-5-7-13(8-6-12)17-10-2-1-4-14(17)19/h5-8,18H,1-4,9-11H2,(H,16,20). The van der Waals surface area contributed by atoms with Crippen LogP contribution in [0.2, 0.25) is 0 Å². The van der Waals surface area contributed by atoms with Crippen LogP contribution in [0.15, 0.2) is 24.3 Å². The van der Waals surface area contributed by atoms with E-state index in [0.29, 0.717) is 24.9 Å². The average Bonchev–Trinajstić information content (AvgIpc) is 2.48. The van der Waals surface area contributed by atoms with Crippen LogP contribution in [0.25, 0.3) is 0 Å². The molecule has 0 bridgehead atoms. The number of aliphatic hydroxyl groups excluding tert-OH is 1. The van der Waals surface area contributed by atoms with Crippen molar-refractivity contribution in [1.29, 1.82) is 0 Å². The van der Waals surface area contributed by atoms with E-state index in [2.05, 4.69) is 5.32 Å². The van der Waals surface area contributed by atoms with Crippen LogP contribution >= 0.6 is 0 Å². The summed E-state index contributed by atoms with van der Waals surface area (Å²) < 4.78 is 0. The number of carbonyl (C=O) groups excluding carboxylic acids is 2. The molecule has 1 aromatic carbocycles. The Labute approximate surface area is 118 Å². The molecule has 1 aliphatic heterocycles. The summed E-state index contributed by atoms with van der Waals surface area (Å²) in [6, 6.07) is 7.07. The van der Waals surface area contributed by atoms with Gasteiger partial charge in [0.05, 0.1) is 0 Å². The van der Waals surface area contributed by atoms with Gasteiger partial charge in [0.15, 0.2) is 0 Å². The molecule has 2 amide bonds. The molecule has 1 heterocycles. The summed E-state index contributed by atoms with van der Waals surface area (Å²) in [4.78, 5) is 25.4. The van der Waals surface area contributed by atoms with Crippen LogP contribution in [0.3, 0.4) is 0 Å². The highest BCUT2D eigenvalue weighted by atomic mass is 16.3. The summed E-state index contributed by atoms with van der Waals surface area (Å²) in [5, 5.41) is 11.4. The molecular weight excluding hydrogens is 256 g/mol. The lowest BCUT2D eigenvalue weighted by molar-refractivity contribution is -0.119. The van der Waals surface area contributed by atoms with Gasteiger partial charge in [-0.05, 0) is 43.5 Å². The van der Waals surface area contributed by atoms with Crippen molar-refractivity contribution in [3.63, 3.8) is 0 Å². The smallest absolute Gasteiger partial charge is 0.251 e. The van der Waals surface area contributed by atoms with E-state index in [1.54, 1.807) is 17.0 Å². The Hall–Kier alpha value is -1.88. The average molecular weight is 276 g/mol. The third-order valence-corrected chi connectivity index (χ3v) is 3.39. The number of amides is 2. The topological polar surface area (TPSA) is 69.6 Å². The molecule has 0 saturated carbocycles. The maximum absolute atomic E-state index is 11.8. The number of benzene rings is 1. The molecule has 0 radical (unpaired) electrons. The Morgan fingerprint density at radius 3 is 2.65 bits per heavy atom. The van der Waals surface area contributed by atoms with E-state index in [0.717, 1.165) is 25.1 Å². The number of hydrogen-bond donors (Lipinski definition) is 2. The molecule has 0 spiro atoms. The zero-order valence-electron chi connectivity index (χ0n) is 11.5. The number of nitrogens with one attached hydrogen (secondary N) is 1. The van der Waals surface area contributed by atoms with Gasteiger partial charge in [0, 0.05) is 37.4 Å². The minimum absolute atomic E-state index is 0.0658. The molecule has 108 valence electrons. The summed E-state index contributed by atoms with van der Waals surface area (Å²) in [7, 11) is 0. The van der Waals surface area contributed by atoms with Crippen LogP contribution in [-0.2, 0) is 4.79 Å². The van der Waals surface area contributed by atoms with Gasteiger partial charge in [0.1, 0.15) is 0 Å². The first-order valence-electron chi connectivity index (χ1n) is 7.02. The molecule has 1 aliphatic rings. The fourth-order valence-corrected chi connectivity index (χ4v) is 2.25. The van der Waals surface area contributed by atoms with Crippen molar-refractivity contribution in [2.24, 2.45) is 0 Å². The summed E-state index contributed by atoms with van der Waals surface area (Å²) in [5.41, 5.74) is 1.41. The zero-order chi connectivity index (χ0) is 14.4. The second-order valence-corrected chi connectivity index (χ2v) is 4.88. The van der Waals surface area contributed by atoms with Crippen LogP contribution in [-0.4, -0.2) is 36.6 Å². The van der Waals surface area contributed by atoms with Crippen LogP contribution in [0.4, 0.5) is 5.69 Å². The monoisotopic (exact) mass is 276 g/mol. The Kier molecular flexibility index (Phi) is 5.12. The first-order chi connectivity index (χ1) is 9.72. The fraction of sp³-hybridized carbons (Fsp3) is 0.467. The van der Waals surface area contributed by atoms with Gasteiger partial charge in [-0.15, -0.1) is 0 Å². The molecular formula is C15H20N2O3. The van der Waals surface area contributed by atoms with Crippen molar-refractivity contribution in [3.05, 3.63) is 29.8 Å². The molecule has 0 atom stereocenters. The lowest BCUT2D eigenvalue weighted by atomic mass is 10.1. The van der Waals surface area contributed by atoms with E-state index in [4.69, 9.17) is 5.11 Å². The number of aliphatic hydroxyl groups is 1. The molecule has 0 unspecified atom stereocenters. The van der Waals surface area contributed by atoms with Gasteiger partial charge in [-0.25, -0.2) is 0 Å². The number of nitrogens with zero attached hydrogens (tertiary/aromatic N) is 1. The summed E-state index contributed by atoms with van der Waals surface area (Å²) in [6.07, 6.45) is 3.13. The van der Waals surface area contributed by atoms with Gasteiger partial charge in [0.25, 0.3) is 5.91 Å². The molecule has 5 nitrogen and oxygen atoms in total. The summed E-state index contributed by atoms with van der Waals surface area (Å²) >= 11 is 0. The SMILES string of the molecule is O=C(NCCCO)c1ccc(N2CCCCC2=O)cc1. The van der Waals surface area contributed by atoms with Gasteiger partial charge >= 0.3 is 0 Å². The van der Waals surface area contributed by atoms with Crippen molar-refractivity contribution in [2.75, 3.05) is 24.6 Å². The Morgan fingerprint density at radius 1 is 1.25 bits per heavy atom. The lowest BCUT2D eigenvalue weighted by Crippen LogP contribution is -2.35. The zero-order valence-corrected chi connectivity index (χ0v) is 11.5. The van der Waals surface area contributed by atoms with Gasteiger partial charge in [-0.2, -0.15) is 0 Å². The molecule has 5 heteroatoms. The molecule has 0 aliphatic carbocycles. The van der Waals surface area contributed by atoms with Gasteiger partial charge in [-0.1, -0.05) is 0 Å². The molecule has 1 fully saturated rings. The van der Waals surface area contributed by atoms with Crippen LogP contribution in [0.5, 0.6) is 0 Å². The van der Waals surface area contributed by atoms with Crippen LogP contribution in [0, 0.1) is 0 Å². The quantitative estimate of drug-likeness (QED) is 0.797. The molecule has 0 aromatic heterocycles. The molecule has 2 rings (SSSR count). The maximum Gasteiger partial charge on any atom is 0.251 e. The van der Waals surface area contributed by atoms with Crippen molar-refractivity contribution < 1.29 is 14.7 Å². The Balaban J connectivity index is 1.98. The van der Waals surface area contributed by atoms with E-state index >= 15 is 0 Å². The number of piperidine rings is 1. The Morgan fingerprint density at radius 2 is 2.00 bits per heavy atom. The first kappa shape index (κ1) is 14.5. The van der Waals surface area contributed by atoms with E-state index in [-0.39, 0.29) is 18.4 Å². The fourth-order valence-electron chi connectivity index (χ4n) is 2.25. The van der Waals surface area contributed by atoms with Crippen LogP contribution < -0.4 is 10.2 Å². The molecule has 1 saturated heterocycles. The molecule has 1 aromatic rings. The normalized spacial score (nSPS) is 15.2. The van der Waals surface area contributed by atoms with E-state index in [1.807, 2.05) is 12.1 Å². The second kappa shape index (κ2) is 7.05. The minimum Gasteiger partial charge on any atom is -0.396 e. The van der Waals surface area contributed by atoms with Crippen molar-refractivity contribution >= 4 is 17.5 Å². The van der Waals surface area contributed by atoms with E-state index in [1.165, 1.54) is 0 Å². The molecule has 20 heavy (non-hydrogen) atoms. The third-order valence-electron chi connectivity index (χ3n) is 3.39. The largest absolute Gasteiger partial charge is 0.396 e. The highest BCUT2D eigenvalue weighted by Crippen LogP contribution is 2.21. The maximum atomic E-state index is 11.8. The predicted octanol–water partition coefficient (Wildman–Crippen LogP) is 1.32. The first-order valence-corrected chi connectivity index (χ1v) is 7.02.